The van der Waals surface area contributed by atoms with Gasteiger partial charge in [-0.1, -0.05) is 28.1 Å². The summed E-state index contributed by atoms with van der Waals surface area (Å²) in [5.74, 6) is 0. The van der Waals surface area contributed by atoms with Crippen LogP contribution in [-0.2, 0) is 4.79 Å². The smallest absolute Gasteiger partial charge is 0.211 e. The minimum Gasteiger partial charge on any atom is -0.389 e. The van der Waals surface area contributed by atoms with Crippen molar-refractivity contribution in [2.45, 2.75) is 0 Å². The minimum atomic E-state index is 0.255. The Hall–Kier alpha value is -0.940. The number of nitrogens with one attached hydrogen (secondary N) is 1. The molecule has 1 rings (SSSR count). The van der Waals surface area contributed by atoms with Crippen LogP contribution in [0.5, 0.6) is 0 Å². The zero-order valence-corrected chi connectivity index (χ0v) is 8.98. The van der Waals surface area contributed by atoms with Gasteiger partial charge in [0.15, 0.2) is 0 Å². The van der Waals surface area contributed by atoms with Crippen LogP contribution in [0.25, 0.3) is 0 Å². The number of thiocarbonyl (C=S) groups is 1. The van der Waals surface area contributed by atoms with Crippen molar-refractivity contribution >= 4 is 45.2 Å². The zero-order chi connectivity index (χ0) is 9.84. The maximum absolute atomic E-state index is 10.2. The third kappa shape index (κ3) is 2.50. The lowest BCUT2D eigenvalue weighted by molar-refractivity contribution is -0.105. The average Bonchev–Trinajstić information content (AvgIpc) is 2.08. The molecule has 13 heavy (non-hydrogen) atoms. The van der Waals surface area contributed by atoms with Gasteiger partial charge in [-0.25, -0.2) is 0 Å². The monoisotopic (exact) mass is 258 g/mol. The molecule has 0 bridgehead atoms. The van der Waals surface area contributed by atoms with Crippen molar-refractivity contribution in [1.29, 1.82) is 0 Å². The zero-order valence-electron chi connectivity index (χ0n) is 6.58. The third-order valence-electron chi connectivity index (χ3n) is 1.46. The number of halogens is 1. The summed E-state index contributed by atoms with van der Waals surface area (Å²) in [5, 5.41) is 2.52. The van der Waals surface area contributed by atoms with E-state index in [4.69, 9.17) is 18.0 Å². The van der Waals surface area contributed by atoms with E-state index in [0.29, 0.717) is 17.7 Å². The van der Waals surface area contributed by atoms with E-state index in [1.54, 1.807) is 18.2 Å². The van der Waals surface area contributed by atoms with Gasteiger partial charge in [0.05, 0.1) is 5.69 Å². The van der Waals surface area contributed by atoms with Crippen molar-refractivity contribution < 1.29 is 4.79 Å². The number of hydrogen-bond acceptors (Lipinski definition) is 2. The molecule has 3 N–H and O–H groups in total. The largest absolute Gasteiger partial charge is 0.389 e. The number of benzene rings is 1. The van der Waals surface area contributed by atoms with Crippen LogP contribution < -0.4 is 11.1 Å². The number of amides is 1. The second-order valence-corrected chi connectivity index (χ2v) is 3.67. The first-order valence-corrected chi connectivity index (χ1v) is 4.65. The molecule has 0 fully saturated rings. The SMILES string of the molecule is NC(=S)c1cc(Br)ccc1NC=O. The second kappa shape index (κ2) is 4.34. The Kier molecular flexibility index (Phi) is 3.39. The molecule has 0 saturated heterocycles. The molecule has 0 atom stereocenters. The van der Waals surface area contributed by atoms with Gasteiger partial charge >= 0.3 is 0 Å². The highest BCUT2D eigenvalue weighted by atomic mass is 79.9. The average molecular weight is 259 g/mol. The third-order valence-corrected chi connectivity index (χ3v) is 2.17. The molecule has 0 aliphatic heterocycles. The fourth-order valence-corrected chi connectivity index (χ4v) is 1.44. The summed E-state index contributed by atoms with van der Waals surface area (Å²) in [7, 11) is 0. The van der Waals surface area contributed by atoms with E-state index in [1.165, 1.54) is 0 Å². The fraction of sp³-hybridized carbons (Fsp3) is 0. The maximum atomic E-state index is 10.2. The summed E-state index contributed by atoms with van der Waals surface area (Å²) in [6.45, 7) is 0. The van der Waals surface area contributed by atoms with Gasteiger partial charge in [0.2, 0.25) is 6.41 Å². The Morgan fingerprint density at radius 3 is 2.85 bits per heavy atom. The van der Waals surface area contributed by atoms with Crippen molar-refractivity contribution in [3.05, 3.63) is 28.2 Å². The molecule has 1 aromatic carbocycles. The van der Waals surface area contributed by atoms with Gasteiger partial charge in [0.1, 0.15) is 4.99 Å². The van der Waals surface area contributed by atoms with Crippen molar-refractivity contribution in [2.75, 3.05) is 5.32 Å². The molecular formula is C8H7BrN2OS. The summed E-state index contributed by atoms with van der Waals surface area (Å²) < 4.78 is 0.867. The number of carbonyl (C=O) groups excluding carboxylic acids is 1. The van der Waals surface area contributed by atoms with E-state index < -0.39 is 0 Å². The first kappa shape index (κ1) is 10.1. The molecule has 0 aliphatic carbocycles. The number of anilines is 1. The Morgan fingerprint density at radius 2 is 2.31 bits per heavy atom. The van der Waals surface area contributed by atoms with Crippen LogP contribution in [-0.4, -0.2) is 11.4 Å². The maximum Gasteiger partial charge on any atom is 0.211 e. The van der Waals surface area contributed by atoms with Gasteiger partial charge in [0.25, 0.3) is 0 Å². The van der Waals surface area contributed by atoms with Gasteiger partial charge in [-0.05, 0) is 18.2 Å². The molecule has 0 heterocycles. The van der Waals surface area contributed by atoms with E-state index >= 15 is 0 Å². The lowest BCUT2D eigenvalue weighted by atomic mass is 10.2. The van der Waals surface area contributed by atoms with Crippen LogP contribution >= 0.6 is 28.1 Å². The molecule has 0 aromatic heterocycles. The summed E-state index contributed by atoms with van der Waals surface area (Å²) in [4.78, 5) is 10.5. The first-order chi connectivity index (χ1) is 6.15. The molecule has 68 valence electrons. The lowest BCUT2D eigenvalue weighted by Gasteiger charge is -2.06. The van der Waals surface area contributed by atoms with Crippen molar-refractivity contribution in [3.63, 3.8) is 0 Å². The van der Waals surface area contributed by atoms with E-state index in [2.05, 4.69) is 21.2 Å². The summed E-state index contributed by atoms with van der Waals surface area (Å²) in [5.41, 5.74) is 6.73. The van der Waals surface area contributed by atoms with E-state index in [-0.39, 0.29) is 4.99 Å². The molecule has 1 aromatic rings. The highest BCUT2D eigenvalue weighted by molar-refractivity contribution is 9.10. The quantitative estimate of drug-likeness (QED) is 0.641. The molecule has 0 aliphatic rings. The molecule has 0 unspecified atom stereocenters. The Bertz CT molecular complexity index is 354. The number of nitrogens with two attached hydrogens (primary N) is 1. The normalized spacial score (nSPS) is 9.31. The van der Waals surface area contributed by atoms with Crippen molar-refractivity contribution in [3.8, 4) is 0 Å². The van der Waals surface area contributed by atoms with Crippen LogP contribution in [0.15, 0.2) is 22.7 Å². The molecular weight excluding hydrogens is 252 g/mol. The predicted molar refractivity (Wildman–Crippen MR) is 59.7 cm³/mol. The lowest BCUT2D eigenvalue weighted by Crippen LogP contribution is -2.12. The van der Waals surface area contributed by atoms with E-state index in [9.17, 15) is 4.79 Å². The molecule has 0 saturated carbocycles. The molecule has 3 nitrogen and oxygen atoms in total. The standard InChI is InChI=1S/C8H7BrN2OS/c9-5-1-2-7(11-4-12)6(3-5)8(10)13/h1-4H,(H2,10,13)(H,11,12). The van der Waals surface area contributed by atoms with Crippen LogP contribution in [0.4, 0.5) is 5.69 Å². The van der Waals surface area contributed by atoms with E-state index in [0.717, 1.165) is 4.47 Å². The van der Waals surface area contributed by atoms with Gasteiger partial charge in [-0.2, -0.15) is 0 Å². The number of hydrogen-bond donors (Lipinski definition) is 2. The highest BCUT2D eigenvalue weighted by Crippen LogP contribution is 2.20. The second-order valence-electron chi connectivity index (χ2n) is 2.32. The Balaban J connectivity index is 3.17. The molecule has 0 radical (unpaired) electrons. The summed E-state index contributed by atoms with van der Waals surface area (Å²) >= 11 is 8.11. The topological polar surface area (TPSA) is 55.1 Å². The summed E-state index contributed by atoms with van der Waals surface area (Å²) in [6.07, 6.45) is 0.588. The van der Waals surface area contributed by atoms with Crippen LogP contribution in [0.3, 0.4) is 0 Å². The van der Waals surface area contributed by atoms with Gasteiger partial charge in [-0.3, -0.25) is 4.79 Å². The first-order valence-electron chi connectivity index (χ1n) is 3.44. The van der Waals surface area contributed by atoms with Crippen LogP contribution in [0.1, 0.15) is 5.56 Å². The Morgan fingerprint density at radius 1 is 1.62 bits per heavy atom. The molecule has 5 heteroatoms. The van der Waals surface area contributed by atoms with Gasteiger partial charge in [-0.15, -0.1) is 0 Å². The molecule has 1 amide bonds. The Labute approximate surface area is 89.4 Å². The highest BCUT2D eigenvalue weighted by Gasteiger charge is 2.04. The van der Waals surface area contributed by atoms with Crippen molar-refractivity contribution in [1.82, 2.24) is 0 Å². The predicted octanol–water partition coefficient (Wildman–Crippen LogP) is 1.65. The van der Waals surface area contributed by atoms with Crippen LogP contribution in [0, 0.1) is 0 Å². The number of rotatable bonds is 3. The van der Waals surface area contributed by atoms with Crippen molar-refractivity contribution in [2.24, 2.45) is 5.73 Å². The van der Waals surface area contributed by atoms with Crippen LogP contribution in [0.2, 0.25) is 0 Å². The van der Waals surface area contributed by atoms with Gasteiger partial charge < -0.3 is 11.1 Å². The summed E-state index contributed by atoms with van der Waals surface area (Å²) in [6, 6.07) is 5.29. The molecule has 0 spiro atoms. The fourth-order valence-electron chi connectivity index (χ4n) is 0.910. The minimum absolute atomic E-state index is 0.255. The number of carbonyl (C=O) groups is 1. The van der Waals surface area contributed by atoms with E-state index in [1.807, 2.05) is 0 Å². The van der Waals surface area contributed by atoms with Gasteiger partial charge in [0, 0.05) is 10.0 Å².